The van der Waals surface area contributed by atoms with Gasteiger partial charge in [0.1, 0.15) is 0 Å². The van der Waals surface area contributed by atoms with Crippen LogP contribution in [0.3, 0.4) is 0 Å². The Morgan fingerprint density at radius 3 is 2.67 bits per heavy atom. The third-order valence-corrected chi connectivity index (χ3v) is 4.20. The highest BCUT2D eigenvalue weighted by Crippen LogP contribution is 2.26. The molecule has 1 aliphatic rings. The Bertz CT molecular complexity index is 542. The van der Waals surface area contributed by atoms with Gasteiger partial charge in [0.2, 0.25) is 5.91 Å². The molecule has 0 aromatic heterocycles. The number of nitrogens with zero attached hydrogens (tertiary/aromatic N) is 2. The van der Waals surface area contributed by atoms with Crippen molar-refractivity contribution >= 4 is 23.2 Å². The predicted octanol–water partition coefficient (Wildman–Crippen LogP) is 2.34. The van der Waals surface area contributed by atoms with Crippen LogP contribution in [-0.2, 0) is 11.3 Å². The molecular weight excluding hydrogens is 294 g/mol. The fourth-order valence-corrected chi connectivity index (χ4v) is 2.85. The summed E-state index contributed by atoms with van der Waals surface area (Å²) in [5.41, 5.74) is 6.03. The lowest BCUT2D eigenvalue weighted by Gasteiger charge is -2.31. The van der Waals surface area contributed by atoms with Crippen LogP contribution >= 0.6 is 11.6 Å². The number of hydrogen-bond donors (Lipinski definition) is 1. The number of nitro groups is 1. The van der Waals surface area contributed by atoms with Crippen molar-refractivity contribution in [3.63, 3.8) is 0 Å². The van der Waals surface area contributed by atoms with E-state index in [9.17, 15) is 14.9 Å². The summed E-state index contributed by atoms with van der Waals surface area (Å²) >= 11 is 6.11. The fraction of sp³-hybridized carbons (Fsp3) is 0.500. The Morgan fingerprint density at radius 2 is 2.10 bits per heavy atom. The zero-order valence-electron chi connectivity index (χ0n) is 11.6. The van der Waals surface area contributed by atoms with Crippen molar-refractivity contribution in [1.82, 2.24) is 4.90 Å². The van der Waals surface area contributed by atoms with E-state index < -0.39 is 4.92 Å². The zero-order valence-corrected chi connectivity index (χ0v) is 12.4. The number of likely N-dealkylation sites (tertiary alicyclic amines) is 1. The molecule has 1 aliphatic heterocycles. The number of non-ortho nitro benzene ring substituents is 1. The molecule has 0 atom stereocenters. The Labute approximate surface area is 128 Å². The Kier molecular flexibility index (Phi) is 5.14. The van der Waals surface area contributed by atoms with Crippen LogP contribution in [0.4, 0.5) is 5.69 Å². The van der Waals surface area contributed by atoms with Crippen LogP contribution in [0.1, 0.15) is 24.8 Å². The van der Waals surface area contributed by atoms with E-state index in [1.165, 1.54) is 12.1 Å². The molecule has 1 amide bonds. The van der Waals surface area contributed by atoms with E-state index in [0.29, 0.717) is 23.9 Å². The van der Waals surface area contributed by atoms with Gasteiger partial charge in [-0.25, -0.2) is 0 Å². The van der Waals surface area contributed by atoms with Crippen molar-refractivity contribution in [3.05, 3.63) is 38.9 Å². The summed E-state index contributed by atoms with van der Waals surface area (Å²) in [6.07, 6.45) is 2.26. The second-order valence-corrected chi connectivity index (χ2v) is 5.83. The van der Waals surface area contributed by atoms with Crippen LogP contribution in [0, 0.1) is 16.0 Å². The molecular formula is C14H18ClN3O3. The monoisotopic (exact) mass is 311 g/mol. The molecule has 1 aromatic carbocycles. The number of nitrogens with two attached hydrogens (primary N) is 1. The molecule has 0 spiro atoms. The molecule has 0 aliphatic carbocycles. The number of carbonyl (C=O) groups excluding carboxylic acids is 1. The summed E-state index contributed by atoms with van der Waals surface area (Å²) in [6, 6.07) is 4.50. The van der Waals surface area contributed by atoms with Crippen LogP contribution in [0.15, 0.2) is 18.2 Å². The van der Waals surface area contributed by atoms with Crippen LogP contribution < -0.4 is 5.73 Å². The molecule has 2 N–H and O–H groups in total. The minimum absolute atomic E-state index is 0.0537. The minimum atomic E-state index is -0.418. The Morgan fingerprint density at radius 1 is 1.43 bits per heavy atom. The van der Waals surface area contributed by atoms with Gasteiger partial charge in [-0.3, -0.25) is 19.8 Å². The standard InChI is InChI=1S/C14H18ClN3O3/c15-13-2-1-12(18(20)21)8-11(13)9-17-5-3-10(4-6-17)7-14(16)19/h1-2,8,10H,3-7,9H2,(H2,16,19). The van der Waals surface area contributed by atoms with Gasteiger partial charge >= 0.3 is 0 Å². The molecule has 2 rings (SSSR count). The number of hydrogen-bond acceptors (Lipinski definition) is 4. The summed E-state index contributed by atoms with van der Waals surface area (Å²) in [6.45, 7) is 2.28. The molecule has 7 heteroatoms. The number of piperidine rings is 1. The van der Waals surface area contributed by atoms with Gasteiger partial charge in [-0.15, -0.1) is 0 Å². The minimum Gasteiger partial charge on any atom is -0.370 e. The number of nitro benzene ring substituents is 1. The topological polar surface area (TPSA) is 89.5 Å². The van der Waals surface area contributed by atoms with E-state index in [2.05, 4.69) is 4.90 Å². The molecule has 114 valence electrons. The zero-order chi connectivity index (χ0) is 15.4. The third kappa shape index (κ3) is 4.41. The molecule has 1 heterocycles. The van der Waals surface area contributed by atoms with E-state index in [1.54, 1.807) is 6.07 Å². The molecule has 21 heavy (non-hydrogen) atoms. The number of rotatable bonds is 5. The Hall–Kier alpha value is -1.66. The largest absolute Gasteiger partial charge is 0.370 e. The maximum atomic E-state index is 10.9. The maximum absolute atomic E-state index is 10.9. The number of benzene rings is 1. The first kappa shape index (κ1) is 15.7. The third-order valence-electron chi connectivity index (χ3n) is 3.83. The van der Waals surface area contributed by atoms with E-state index in [1.807, 2.05) is 0 Å². The molecule has 0 saturated carbocycles. The molecule has 0 unspecified atom stereocenters. The second kappa shape index (κ2) is 6.87. The highest BCUT2D eigenvalue weighted by molar-refractivity contribution is 6.31. The lowest BCUT2D eigenvalue weighted by molar-refractivity contribution is -0.384. The van der Waals surface area contributed by atoms with E-state index in [-0.39, 0.29) is 11.6 Å². The average molecular weight is 312 g/mol. The van der Waals surface area contributed by atoms with Crippen molar-refractivity contribution in [3.8, 4) is 0 Å². The lowest BCUT2D eigenvalue weighted by atomic mass is 9.93. The van der Waals surface area contributed by atoms with Gasteiger partial charge in [-0.05, 0) is 43.5 Å². The van der Waals surface area contributed by atoms with Gasteiger partial charge in [-0.2, -0.15) is 0 Å². The predicted molar refractivity (Wildman–Crippen MR) is 79.9 cm³/mol. The smallest absolute Gasteiger partial charge is 0.269 e. The van der Waals surface area contributed by atoms with Crippen molar-refractivity contribution < 1.29 is 9.72 Å². The number of primary amides is 1. The van der Waals surface area contributed by atoms with Gasteiger partial charge < -0.3 is 5.73 Å². The molecule has 6 nitrogen and oxygen atoms in total. The Balaban J connectivity index is 1.95. The van der Waals surface area contributed by atoms with Crippen LogP contribution in [-0.4, -0.2) is 28.8 Å². The first-order valence-electron chi connectivity index (χ1n) is 6.89. The summed E-state index contributed by atoms with van der Waals surface area (Å²) in [4.78, 5) is 23.5. The summed E-state index contributed by atoms with van der Waals surface area (Å²) in [5.74, 6) is 0.0921. The van der Waals surface area contributed by atoms with Gasteiger partial charge in [0.25, 0.3) is 5.69 Å². The second-order valence-electron chi connectivity index (χ2n) is 5.42. The quantitative estimate of drug-likeness (QED) is 0.667. The van der Waals surface area contributed by atoms with Crippen molar-refractivity contribution in [2.24, 2.45) is 11.7 Å². The van der Waals surface area contributed by atoms with Crippen molar-refractivity contribution in [2.45, 2.75) is 25.8 Å². The highest BCUT2D eigenvalue weighted by Gasteiger charge is 2.21. The van der Waals surface area contributed by atoms with Gasteiger partial charge in [0.15, 0.2) is 0 Å². The number of carbonyl (C=O) groups is 1. The normalized spacial score (nSPS) is 16.8. The lowest BCUT2D eigenvalue weighted by Crippen LogP contribution is -2.34. The summed E-state index contributed by atoms with van der Waals surface area (Å²) < 4.78 is 0. The van der Waals surface area contributed by atoms with Gasteiger partial charge in [-0.1, -0.05) is 11.6 Å². The van der Waals surface area contributed by atoms with Gasteiger partial charge in [0, 0.05) is 30.1 Å². The fourth-order valence-electron chi connectivity index (χ4n) is 2.67. The maximum Gasteiger partial charge on any atom is 0.269 e. The number of halogens is 1. The average Bonchev–Trinajstić information content (AvgIpc) is 2.42. The first-order valence-corrected chi connectivity index (χ1v) is 7.27. The first-order chi connectivity index (χ1) is 9.95. The molecule has 1 aromatic rings. The van der Waals surface area contributed by atoms with Crippen molar-refractivity contribution in [1.29, 1.82) is 0 Å². The highest BCUT2D eigenvalue weighted by atomic mass is 35.5. The van der Waals surface area contributed by atoms with E-state index in [0.717, 1.165) is 31.5 Å². The molecule has 0 bridgehead atoms. The molecule has 1 fully saturated rings. The molecule has 1 saturated heterocycles. The van der Waals surface area contributed by atoms with Crippen LogP contribution in [0.5, 0.6) is 0 Å². The van der Waals surface area contributed by atoms with E-state index >= 15 is 0 Å². The van der Waals surface area contributed by atoms with Gasteiger partial charge in [0.05, 0.1) is 4.92 Å². The SMILES string of the molecule is NC(=O)CC1CCN(Cc2cc([N+](=O)[O-])ccc2Cl)CC1. The van der Waals surface area contributed by atoms with E-state index in [4.69, 9.17) is 17.3 Å². The van der Waals surface area contributed by atoms with Crippen molar-refractivity contribution in [2.75, 3.05) is 13.1 Å². The number of amides is 1. The molecule has 0 radical (unpaired) electrons. The van der Waals surface area contributed by atoms with Crippen LogP contribution in [0.2, 0.25) is 5.02 Å². The summed E-state index contributed by atoms with van der Waals surface area (Å²) in [7, 11) is 0. The summed E-state index contributed by atoms with van der Waals surface area (Å²) in [5, 5.41) is 11.3. The van der Waals surface area contributed by atoms with Crippen LogP contribution in [0.25, 0.3) is 0 Å².